The van der Waals surface area contributed by atoms with E-state index in [2.05, 4.69) is 5.32 Å². The summed E-state index contributed by atoms with van der Waals surface area (Å²) in [5, 5.41) is 4.56. The maximum Gasteiger partial charge on any atom is 0.129 e. The van der Waals surface area contributed by atoms with Crippen molar-refractivity contribution in [3.8, 4) is 0 Å². The van der Waals surface area contributed by atoms with Gasteiger partial charge in [-0.05, 0) is 54.3 Å². The Balaban J connectivity index is 1.99. The molecule has 0 radical (unpaired) electrons. The van der Waals surface area contributed by atoms with Crippen molar-refractivity contribution in [1.82, 2.24) is 5.32 Å². The van der Waals surface area contributed by atoms with Crippen LogP contribution in [0.25, 0.3) is 0 Å². The number of nitrogens with one attached hydrogen (secondary N) is 1. The molecular weight excluding hydrogens is 296 g/mol. The first-order valence-corrected chi connectivity index (χ1v) is 7.12. The van der Waals surface area contributed by atoms with Crippen LogP contribution in [-0.2, 0) is 13.1 Å². The van der Waals surface area contributed by atoms with Crippen molar-refractivity contribution in [1.29, 1.82) is 0 Å². The van der Waals surface area contributed by atoms with Crippen molar-refractivity contribution in [2.45, 2.75) is 26.9 Å². The third-order valence-corrected chi connectivity index (χ3v) is 3.51. The molecule has 0 unspecified atom stereocenters. The number of rotatable bonds is 4. The summed E-state index contributed by atoms with van der Waals surface area (Å²) in [7, 11) is 0. The van der Waals surface area contributed by atoms with Crippen LogP contribution in [0.4, 0.5) is 4.39 Å². The molecule has 20 heavy (non-hydrogen) atoms. The second kappa shape index (κ2) is 6.57. The lowest BCUT2D eigenvalue weighted by atomic mass is 10.1. The van der Waals surface area contributed by atoms with Crippen LogP contribution >= 0.6 is 23.2 Å². The molecule has 0 saturated carbocycles. The first kappa shape index (κ1) is 15.3. The Bertz CT molecular complexity index is 583. The molecule has 0 bridgehead atoms. The van der Waals surface area contributed by atoms with Gasteiger partial charge in [0.15, 0.2) is 0 Å². The first-order valence-electron chi connectivity index (χ1n) is 6.37. The van der Waals surface area contributed by atoms with E-state index in [1.807, 2.05) is 24.3 Å². The summed E-state index contributed by atoms with van der Waals surface area (Å²) < 4.78 is 13.5. The summed E-state index contributed by atoms with van der Waals surface area (Å²) in [6.07, 6.45) is 0. The van der Waals surface area contributed by atoms with E-state index < -0.39 is 0 Å². The Morgan fingerprint density at radius 2 is 1.30 bits per heavy atom. The molecule has 2 rings (SSSR count). The quantitative estimate of drug-likeness (QED) is 0.834. The van der Waals surface area contributed by atoms with Gasteiger partial charge in [0.05, 0.1) is 0 Å². The van der Waals surface area contributed by atoms with Gasteiger partial charge in [0.25, 0.3) is 0 Å². The SMILES string of the molecule is Cc1cc(CNCc2cc(Cl)cc(Cl)c2)cc(C)c1F. The predicted octanol–water partition coefficient (Wildman–Crippen LogP) is 5.04. The van der Waals surface area contributed by atoms with E-state index in [1.54, 1.807) is 19.9 Å². The van der Waals surface area contributed by atoms with Gasteiger partial charge in [-0.2, -0.15) is 0 Å². The molecule has 0 aliphatic heterocycles. The van der Waals surface area contributed by atoms with Gasteiger partial charge in [-0.15, -0.1) is 0 Å². The molecule has 1 N–H and O–H groups in total. The van der Waals surface area contributed by atoms with Gasteiger partial charge < -0.3 is 5.32 Å². The van der Waals surface area contributed by atoms with Gasteiger partial charge in [-0.3, -0.25) is 0 Å². The minimum atomic E-state index is -0.129. The Kier molecular flexibility index (Phi) is 5.03. The summed E-state index contributed by atoms with van der Waals surface area (Å²) in [5.74, 6) is -0.129. The molecule has 0 aliphatic rings. The van der Waals surface area contributed by atoms with E-state index in [0.29, 0.717) is 34.3 Å². The van der Waals surface area contributed by atoms with Gasteiger partial charge >= 0.3 is 0 Å². The highest BCUT2D eigenvalue weighted by atomic mass is 35.5. The van der Waals surface area contributed by atoms with E-state index in [9.17, 15) is 4.39 Å². The summed E-state index contributed by atoms with van der Waals surface area (Å²) in [5.41, 5.74) is 3.44. The lowest BCUT2D eigenvalue weighted by Gasteiger charge is -2.09. The smallest absolute Gasteiger partial charge is 0.129 e. The summed E-state index contributed by atoms with van der Waals surface area (Å²) in [6.45, 7) is 4.90. The summed E-state index contributed by atoms with van der Waals surface area (Å²) in [6, 6.07) is 9.18. The van der Waals surface area contributed by atoms with Crippen LogP contribution in [0.3, 0.4) is 0 Å². The van der Waals surface area contributed by atoms with Gasteiger partial charge in [0.1, 0.15) is 5.82 Å². The Hall–Kier alpha value is -1.09. The van der Waals surface area contributed by atoms with E-state index >= 15 is 0 Å². The van der Waals surface area contributed by atoms with Crippen molar-refractivity contribution < 1.29 is 4.39 Å². The number of benzene rings is 2. The van der Waals surface area contributed by atoms with E-state index in [0.717, 1.165) is 11.1 Å². The maximum atomic E-state index is 13.5. The van der Waals surface area contributed by atoms with Gasteiger partial charge in [0.2, 0.25) is 0 Å². The summed E-state index contributed by atoms with van der Waals surface area (Å²) >= 11 is 11.9. The molecule has 0 heterocycles. The second-order valence-electron chi connectivity index (χ2n) is 4.92. The highest BCUT2D eigenvalue weighted by Gasteiger charge is 2.04. The van der Waals surface area contributed by atoms with E-state index in [1.165, 1.54) is 0 Å². The molecule has 4 heteroatoms. The monoisotopic (exact) mass is 311 g/mol. The minimum absolute atomic E-state index is 0.129. The molecule has 1 nitrogen and oxygen atoms in total. The number of halogens is 3. The average molecular weight is 312 g/mol. The molecule has 2 aromatic carbocycles. The van der Waals surface area contributed by atoms with Crippen LogP contribution in [0.1, 0.15) is 22.3 Å². The molecular formula is C16H16Cl2FN. The molecule has 106 valence electrons. The fourth-order valence-corrected chi connectivity index (χ4v) is 2.77. The third-order valence-electron chi connectivity index (χ3n) is 3.08. The summed E-state index contributed by atoms with van der Waals surface area (Å²) in [4.78, 5) is 0. The zero-order valence-electron chi connectivity index (χ0n) is 11.4. The average Bonchev–Trinajstić information content (AvgIpc) is 2.34. The molecule has 0 atom stereocenters. The molecule has 0 fully saturated rings. The third kappa shape index (κ3) is 3.95. The topological polar surface area (TPSA) is 12.0 Å². The number of hydrogen-bond acceptors (Lipinski definition) is 1. The number of aryl methyl sites for hydroxylation is 2. The van der Waals surface area contributed by atoms with Crippen LogP contribution in [0.15, 0.2) is 30.3 Å². The Labute approximate surface area is 128 Å². The maximum absolute atomic E-state index is 13.5. The number of hydrogen-bond donors (Lipinski definition) is 1. The minimum Gasteiger partial charge on any atom is -0.309 e. The normalized spacial score (nSPS) is 10.8. The molecule has 0 aromatic heterocycles. The fraction of sp³-hybridized carbons (Fsp3) is 0.250. The predicted molar refractivity (Wildman–Crippen MR) is 82.9 cm³/mol. The fourth-order valence-electron chi connectivity index (χ4n) is 2.20. The Morgan fingerprint density at radius 1 is 0.850 bits per heavy atom. The van der Waals surface area contributed by atoms with Gasteiger partial charge in [-0.1, -0.05) is 35.3 Å². The molecule has 0 spiro atoms. The van der Waals surface area contributed by atoms with Crippen LogP contribution < -0.4 is 5.32 Å². The van der Waals surface area contributed by atoms with Crippen molar-refractivity contribution in [2.24, 2.45) is 0 Å². The van der Waals surface area contributed by atoms with Crippen molar-refractivity contribution in [2.75, 3.05) is 0 Å². The van der Waals surface area contributed by atoms with Crippen LogP contribution in [-0.4, -0.2) is 0 Å². The molecule has 0 saturated heterocycles. The zero-order valence-corrected chi connectivity index (χ0v) is 12.9. The highest BCUT2D eigenvalue weighted by Crippen LogP contribution is 2.19. The Morgan fingerprint density at radius 3 is 1.80 bits per heavy atom. The zero-order chi connectivity index (χ0) is 14.7. The van der Waals surface area contributed by atoms with Crippen LogP contribution in [0, 0.1) is 19.7 Å². The van der Waals surface area contributed by atoms with Crippen LogP contribution in [0.2, 0.25) is 10.0 Å². The van der Waals surface area contributed by atoms with E-state index in [-0.39, 0.29) is 5.82 Å². The standard InChI is InChI=1S/C16H16Cl2FN/c1-10-3-12(4-11(2)16(10)19)8-20-9-13-5-14(17)7-15(18)6-13/h3-7,20H,8-9H2,1-2H3. The lowest BCUT2D eigenvalue weighted by Crippen LogP contribution is -2.13. The van der Waals surface area contributed by atoms with Crippen molar-refractivity contribution in [3.05, 3.63) is 68.4 Å². The van der Waals surface area contributed by atoms with E-state index in [4.69, 9.17) is 23.2 Å². The largest absolute Gasteiger partial charge is 0.309 e. The highest BCUT2D eigenvalue weighted by molar-refractivity contribution is 6.34. The van der Waals surface area contributed by atoms with Gasteiger partial charge in [-0.25, -0.2) is 4.39 Å². The van der Waals surface area contributed by atoms with Crippen molar-refractivity contribution >= 4 is 23.2 Å². The lowest BCUT2D eigenvalue weighted by molar-refractivity contribution is 0.606. The molecule has 0 aliphatic carbocycles. The second-order valence-corrected chi connectivity index (χ2v) is 5.80. The molecule has 0 amide bonds. The van der Waals surface area contributed by atoms with Gasteiger partial charge in [0, 0.05) is 23.1 Å². The van der Waals surface area contributed by atoms with Crippen LogP contribution in [0.5, 0.6) is 0 Å². The van der Waals surface area contributed by atoms with Crippen molar-refractivity contribution in [3.63, 3.8) is 0 Å². The molecule has 2 aromatic rings. The first-order chi connectivity index (χ1) is 9.45.